The van der Waals surface area contributed by atoms with Crippen LogP contribution in [0.4, 0.5) is 0 Å². The Bertz CT molecular complexity index is 1120. The maximum Gasteiger partial charge on any atom is 0.251 e. The molecule has 1 heterocycles. The zero-order valence-electron chi connectivity index (χ0n) is 24.1. The molecule has 4 heteroatoms. The second kappa shape index (κ2) is 12.0. The summed E-state index contributed by atoms with van der Waals surface area (Å²) in [5.74, 6) is 1.49. The first kappa shape index (κ1) is 28.3. The van der Waals surface area contributed by atoms with Crippen molar-refractivity contribution in [2.24, 2.45) is 28.2 Å². The van der Waals surface area contributed by atoms with Gasteiger partial charge in [0.2, 0.25) is 0 Å². The van der Waals surface area contributed by atoms with Gasteiger partial charge >= 0.3 is 0 Å². The molecule has 2 aromatic carbocycles. The highest BCUT2D eigenvalue weighted by Crippen LogP contribution is 2.50. The largest absolute Gasteiger partial charge is 0.352 e. The molecule has 1 aliphatic carbocycles. The van der Waals surface area contributed by atoms with E-state index in [0.29, 0.717) is 41.5 Å². The number of ketones is 1. The average molecular weight is 515 g/mol. The highest BCUT2D eigenvalue weighted by Gasteiger charge is 2.47. The number of nitrogens with one attached hydrogen (secondary N) is 1. The molecule has 1 saturated carbocycles. The van der Waals surface area contributed by atoms with Crippen molar-refractivity contribution in [1.82, 2.24) is 5.32 Å². The van der Waals surface area contributed by atoms with Crippen molar-refractivity contribution in [3.8, 4) is 0 Å². The van der Waals surface area contributed by atoms with E-state index in [-0.39, 0.29) is 23.1 Å². The van der Waals surface area contributed by atoms with Crippen LogP contribution in [0.5, 0.6) is 0 Å². The highest BCUT2D eigenvalue weighted by atomic mass is 16.1. The maximum absolute atomic E-state index is 13.7. The summed E-state index contributed by atoms with van der Waals surface area (Å²) >= 11 is 0. The van der Waals surface area contributed by atoms with Gasteiger partial charge in [0.05, 0.1) is 5.54 Å². The fourth-order valence-corrected chi connectivity index (χ4v) is 6.58. The lowest BCUT2D eigenvalue weighted by atomic mass is 9.62. The summed E-state index contributed by atoms with van der Waals surface area (Å²) in [6.07, 6.45) is 7.78. The van der Waals surface area contributed by atoms with E-state index in [9.17, 15) is 9.59 Å². The van der Waals surface area contributed by atoms with Crippen LogP contribution in [0, 0.1) is 23.2 Å². The highest BCUT2D eigenvalue weighted by molar-refractivity contribution is 6.46. The van der Waals surface area contributed by atoms with Crippen molar-refractivity contribution in [2.45, 2.75) is 91.5 Å². The molecule has 4 nitrogen and oxygen atoms in total. The number of aliphatic imine (C=N–C) groups is 1. The van der Waals surface area contributed by atoms with Crippen LogP contribution in [-0.4, -0.2) is 29.5 Å². The van der Waals surface area contributed by atoms with E-state index in [0.717, 1.165) is 37.7 Å². The normalized spacial score (nSPS) is 26.1. The minimum absolute atomic E-state index is 0.0141. The molecule has 4 rings (SSSR count). The van der Waals surface area contributed by atoms with E-state index in [4.69, 9.17) is 4.99 Å². The fraction of sp³-hybridized carbons (Fsp3) is 0.559. The van der Waals surface area contributed by atoms with Gasteiger partial charge in [-0.1, -0.05) is 77.1 Å². The van der Waals surface area contributed by atoms with Gasteiger partial charge in [0.15, 0.2) is 5.78 Å². The molecule has 1 spiro atoms. The van der Waals surface area contributed by atoms with Gasteiger partial charge in [-0.3, -0.25) is 14.6 Å². The second-order valence-corrected chi connectivity index (χ2v) is 12.7. The van der Waals surface area contributed by atoms with Crippen LogP contribution < -0.4 is 5.32 Å². The number of amides is 1. The fourth-order valence-electron chi connectivity index (χ4n) is 6.58. The Kier molecular flexibility index (Phi) is 8.90. The zero-order valence-corrected chi connectivity index (χ0v) is 24.1. The summed E-state index contributed by atoms with van der Waals surface area (Å²) in [5.41, 5.74) is 3.70. The van der Waals surface area contributed by atoms with E-state index in [1.54, 1.807) is 0 Å². The molecule has 0 radical (unpaired) electrons. The SMILES string of the molecule is CCCNC(=O)c1ccc(CCC2CC(=O)C(c3ccccc3)=NC3(CCC(C(C)(C)C)CC3)C2C)cc1. The second-order valence-electron chi connectivity index (χ2n) is 12.7. The number of hydrogen-bond donors (Lipinski definition) is 1. The molecule has 1 fully saturated rings. The van der Waals surface area contributed by atoms with Crippen molar-refractivity contribution >= 4 is 17.4 Å². The van der Waals surface area contributed by atoms with Gasteiger partial charge in [0.25, 0.3) is 5.91 Å². The summed E-state index contributed by atoms with van der Waals surface area (Å²) in [6.45, 7) is 12.2. The lowest BCUT2D eigenvalue weighted by Gasteiger charge is -2.46. The summed E-state index contributed by atoms with van der Waals surface area (Å²) in [7, 11) is 0. The molecular formula is C34H46N2O2. The third kappa shape index (κ3) is 6.45. The van der Waals surface area contributed by atoms with Crippen LogP contribution in [-0.2, 0) is 11.2 Å². The Hall–Kier alpha value is -2.75. The molecule has 1 aliphatic heterocycles. The lowest BCUT2D eigenvalue weighted by molar-refractivity contribution is -0.114. The molecule has 204 valence electrons. The number of benzene rings is 2. The first-order valence-electron chi connectivity index (χ1n) is 14.7. The van der Waals surface area contributed by atoms with Crippen LogP contribution >= 0.6 is 0 Å². The molecule has 0 saturated heterocycles. The van der Waals surface area contributed by atoms with Crippen molar-refractivity contribution in [2.75, 3.05) is 6.54 Å². The topological polar surface area (TPSA) is 58.5 Å². The molecule has 1 N–H and O–H groups in total. The third-order valence-corrected chi connectivity index (χ3v) is 9.28. The van der Waals surface area contributed by atoms with Crippen LogP contribution in [0.3, 0.4) is 0 Å². The van der Waals surface area contributed by atoms with Gasteiger partial charge in [-0.25, -0.2) is 0 Å². The van der Waals surface area contributed by atoms with E-state index < -0.39 is 0 Å². The van der Waals surface area contributed by atoms with E-state index in [1.807, 2.05) is 42.5 Å². The van der Waals surface area contributed by atoms with Crippen molar-refractivity contribution in [3.63, 3.8) is 0 Å². The number of rotatable bonds is 7. The van der Waals surface area contributed by atoms with Gasteiger partial charge in [-0.2, -0.15) is 0 Å². The van der Waals surface area contributed by atoms with E-state index in [1.165, 1.54) is 18.4 Å². The Balaban J connectivity index is 1.54. The van der Waals surface area contributed by atoms with Gasteiger partial charge in [0.1, 0.15) is 5.71 Å². The van der Waals surface area contributed by atoms with Crippen LogP contribution in [0.1, 0.15) is 101 Å². The summed E-state index contributed by atoms with van der Waals surface area (Å²) < 4.78 is 0. The molecular weight excluding hydrogens is 468 g/mol. The number of carbonyl (C=O) groups excluding carboxylic acids is 2. The quantitative estimate of drug-likeness (QED) is 0.417. The molecule has 38 heavy (non-hydrogen) atoms. The molecule has 0 bridgehead atoms. The molecule has 2 unspecified atom stereocenters. The number of nitrogens with zero attached hydrogens (tertiary/aromatic N) is 1. The van der Waals surface area contributed by atoms with Gasteiger partial charge in [-0.05, 0) is 85.8 Å². The maximum atomic E-state index is 13.7. The number of carbonyl (C=O) groups is 2. The predicted molar refractivity (Wildman–Crippen MR) is 157 cm³/mol. The Morgan fingerprint density at radius 3 is 2.29 bits per heavy atom. The first-order chi connectivity index (χ1) is 18.1. The van der Waals surface area contributed by atoms with Crippen molar-refractivity contribution in [1.29, 1.82) is 0 Å². The Labute approximate surface area is 229 Å². The summed E-state index contributed by atoms with van der Waals surface area (Å²) in [5, 5.41) is 2.94. The third-order valence-electron chi connectivity index (χ3n) is 9.28. The molecule has 1 amide bonds. The Morgan fingerprint density at radius 1 is 1.03 bits per heavy atom. The molecule has 2 aromatic rings. The average Bonchev–Trinajstić information content (AvgIpc) is 3.01. The monoisotopic (exact) mass is 514 g/mol. The smallest absolute Gasteiger partial charge is 0.251 e. The van der Waals surface area contributed by atoms with Gasteiger partial charge in [0, 0.05) is 24.1 Å². The minimum Gasteiger partial charge on any atom is -0.352 e. The van der Waals surface area contributed by atoms with Crippen LogP contribution in [0.25, 0.3) is 0 Å². The minimum atomic E-state index is -0.176. The first-order valence-corrected chi connectivity index (χ1v) is 14.7. The zero-order chi connectivity index (χ0) is 27.3. The Morgan fingerprint density at radius 2 is 1.68 bits per heavy atom. The lowest BCUT2D eigenvalue weighted by Crippen LogP contribution is -2.43. The van der Waals surface area contributed by atoms with Crippen molar-refractivity contribution in [3.05, 3.63) is 71.3 Å². The van der Waals surface area contributed by atoms with E-state index >= 15 is 0 Å². The van der Waals surface area contributed by atoms with E-state index in [2.05, 4.69) is 52.1 Å². The molecule has 0 aromatic heterocycles. The predicted octanol–water partition coefficient (Wildman–Crippen LogP) is 7.45. The van der Waals surface area contributed by atoms with Crippen molar-refractivity contribution < 1.29 is 9.59 Å². The summed E-state index contributed by atoms with van der Waals surface area (Å²) in [4.78, 5) is 31.3. The van der Waals surface area contributed by atoms with Gasteiger partial charge in [-0.15, -0.1) is 0 Å². The molecule has 2 atom stereocenters. The molecule has 2 aliphatic rings. The standard InChI is InChI=1S/C34H46N2O2/c1-6-22-35-32(38)27-15-12-25(13-16-27)14-17-28-23-30(37)31(26-10-8-7-9-11-26)36-34(24(28)2)20-18-29(19-21-34)33(3,4)5/h7-13,15-16,24,28-29H,6,14,17-23H2,1-5H3,(H,35,38). The summed E-state index contributed by atoms with van der Waals surface area (Å²) in [6, 6.07) is 18.1. The van der Waals surface area contributed by atoms with Crippen LogP contribution in [0.15, 0.2) is 59.6 Å². The number of aryl methyl sites for hydroxylation is 1. The van der Waals surface area contributed by atoms with Gasteiger partial charge < -0.3 is 5.32 Å². The van der Waals surface area contributed by atoms with Crippen LogP contribution in [0.2, 0.25) is 0 Å². The number of Topliss-reactive ketones (excluding diaryl/α,β-unsaturated/α-hetero) is 1. The number of hydrogen-bond acceptors (Lipinski definition) is 3.